The number of methoxy groups -OCH3 is 1. The average molecular weight is 421 g/mol. The van der Waals surface area contributed by atoms with E-state index in [0.717, 1.165) is 15.5 Å². The molecule has 8 heteroatoms. The Morgan fingerprint density at radius 3 is 2.96 bits per heavy atom. The highest BCUT2D eigenvalue weighted by Gasteiger charge is 2.26. The van der Waals surface area contributed by atoms with Gasteiger partial charge >= 0.3 is 5.97 Å². The van der Waals surface area contributed by atoms with Crippen molar-refractivity contribution < 1.29 is 18.7 Å². The number of nitrogens with zero attached hydrogens (tertiary/aromatic N) is 2. The highest BCUT2D eigenvalue weighted by Crippen LogP contribution is 2.37. The maximum atomic E-state index is 12.5. The summed E-state index contributed by atoms with van der Waals surface area (Å²) in [4.78, 5) is 12.5. The van der Waals surface area contributed by atoms with Crippen LogP contribution in [-0.4, -0.2) is 29.5 Å². The summed E-state index contributed by atoms with van der Waals surface area (Å²) in [5.74, 6) is 0.175. The van der Waals surface area contributed by atoms with Crippen LogP contribution in [0.2, 0.25) is 0 Å². The number of ether oxygens (including phenoxy) is 2. The number of hydrogen-bond donors (Lipinski definition) is 0. The van der Waals surface area contributed by atoms with Gasteiger partial charge in [-0.05, 0) is 40.4 Å². The highest BCUT2D eigenvalue weighted by molar-refractivity contribution is 9.10. The molecule has 3 heterocycles. The molecule has 1 aromatic carbocycles. The first-order valence-electron chi connectivity index (χ1n) is 7.52. The lowest BCUT2D eigenvalue weighted by molar-refractivity contribution is 0.0517. The molecule has 4 aromatic rings. The number of furan rings is 1. The van der Waals surface area contributed by atoms with E-state index >= 15 is 0 Å². The Labute approximate surface area is 155 Å². The number of halogens is 1. The molecule has 0 aliphatic carbocycles. The molecule has 0 saturated carbocycles. The quantitative estimate of drug-likeness (QED) is 0.444. The first kappa shape index (κ1) is 16.2. The minimum Gasteiger partial charge on any atom is -0.495 e. The van der Waals surface area contributed by atoms with Crippen LogP contribution >= 0.6 is 27.3 Å². The second-order valence-corrected chi connectivity index (χ2v) is 6.86. The van der Waals surface area contributed by atoms with Crippen molar-refractivity contribution in [2.75, 3.05) is 13.7 Å². The minimum atomic E-state index is -0.471. The Morgan fingerprint density at radius 1 is 1.44 bits per heavy atom. The molecule has 0 atom stereocenters. The number of fused-ring (bicyclic) bond motifs is 3. The first-order chi connectivity index (χ1) is 12.1. The van der Waals surface area contributed by atoms with Crippen molar-refractivity contribution in [1.29, 1.82) is 0 Å². The predicted molar refractivity (Wildman–Crippen MR) is 98.9 cm³/mol. The molecule has 0 radical (unpaired) electrons. The summed E-state index contributed by atoms with van der Waals surface area (Å²) in [6, 6.07) is 5.53. The summed E-state index contributed by atoms with van der Waals surface area (Å²) in [5, 5.41) is 9.24. The van der Waals surface area contributed by atoms with E-state index in [0.29, 0.717) is 22.4 Å². The second kappa shape index (κ2) is 6.20. The van der Waals surface area contributed by atoms with E-state index in [-0.39, 0.29) is 12.3 Å². The zero-order valence-corrected chi connectivity index (χ0v) is 15.8. The van der Waals surface area contributed by atoms with Crippen LogP contribution in [0.1, 0.15) is 17.4 Å². The smallest absolute Gasteiger partial charge is 0.361 e. The van der Waals surface area contributed by atoms with Gasteiger partial charge in [0.15, 0.2) is 11.3 Å². The standard InChI is InChI=1S/C17H13BrN2O4S/c1-3-23-17(21)15-16-14(19-20(15)9-4-5-25-8-9)10-6-11(18)13(22-2)7-12(10)24-16/h4-8H,3H2,1-2H3. The van der Waals surface area contributed by atoms with Crippen LogP contribution in [0.25, 0.3) is 27.8 Å². The van der Waals surface area contributed by atoms with Crippen molar-refractivity contribution in [3.63, 3.8) is 0 Å². The average Bonchev–Trinajstić information content (AvgIpc) is 3.29. The molecule has 0 spiro atoms. The number of aromatic nitrogens is 2. The fraction of sp³-hybridized carbons (Fsp3) is 0.176. The van der Waals surface area contributed by atoms with Gasteiger partial charge in [0, 0.05) is 11.4 Å². The molecule has 0 aliphatic rings. The van der Waals surface area contributed by atoms with Crippen LogP contribution in [0, 0.1) is 0 Å². The maximum Gasteiger partial charge on any atom is 0.361 e. The Bertz CT molecular complexity index is 1080. The van der Waals surface area contributed by atoms with Crippen molar-refractivity contribution in [2.45, 2.75) is 6.92 Å². The molecule has 0 bridgehead atoms. The molecular weight excluding hydrogens is 408 g/mol. The molecule has 0 saturated heterocycles. The van der Waals surface area contributed by atoms with Crippen LogP contribution in [0.3, 0.4) is 0 Å². The van der Waals surface area contributed by atoms with Crippen LogP contribution in [0.4, 0.5) is 0 Å². The third kappa shape index (κ3) is 2.52. The maximum absolute atomic E-state index is 12.5. The largest absolute Gasteiger partial charge is 0.495 e. The van der Waals surface area contributed by atoms with Gasteiger partial charge in [0.05, 0.1) is 29.3 Å². The summed E-state index contributed by atoms with van der Waals surface area (Å²) in [6.07, 6.45) is 0. The number of carbonyl (C=O) groups is 1. The van der Waals surface area contributed by atoms with Gasteiger partial charge in [0.2, 0.25) is 0 Å². The third-order valence-electron chi connectivity index (χ3n) is 3.78. The molecule has 0 unspecified atom stereocenters. The van der Waals surface area contributed by atoms with E-state index < -0.39 is 5.97 Å². The molecule has 4 rings (SSSR count). The summed E-state index contributed by atoms with van der Waals surface area (Å²) in [7, 11) is 1.58. The van der Waals surface area contributed by atoms with Gasteiger partial charge in [-0.1, -0.05) is 0 Å². The van der Waals surface area contributed by atoms with Crippen molar-refractivity contribution in [2.24, 2.45) is 0 Å². The van der Waals surface area contributed by atoms with Crippen LogP contribution in [-0.2, 0) is 4.74 Å². The molecule has 0 aliphatic heterocycles. The number of benzene rings is 1. The molecule has 3 aromatic heterocycles. The van der Waals surface area contributed by atoms with E-state index in [2.05, 4.69) is 21.0 Å². The Morgan fingerprint density at radius 2 is 2.28 bits per heavy atom. The molecule has 128 valence electrons. The molecule has 0 N–H and O–H groups in total. The minimum absolute atomic E-state index is 0.273. The summed E-state index contributed by atoms with van der Waals surface area (Å²) in [5.41, 5.74) is 2.68. The van der Waals surface area contributed by atoms with Gasteiger partial charge in [-0.25, -0.2) is 9.48 Å². The highest BCUT2D eigenvalue weighted by atomic mass is 79.9. The van der Waals surface area contributed by atoms with E-state index in [1.165, 1.54) is 11.3 Å². The second-order valence-electron chi connectivity index (χ2n) is 5.23. The lowest BCUT2D eigenvalue weighted by atomic mass is 10.2. The van der Waals surface area contributed by atoms with E-state index in [9.17, 15) is 4.79 Å². The van der Waals surface area contributed by atoms with Gasteiger partial charge in [-0.15, -0.1) is 0 Å². The molecular formula is C17H13BrN2O4S. The molecule has 25 heavy (non-hydrogen) atoms. The van der Waals surface area contributed by atoms with Crippen molar-refractivity contribution in [3.05, 3.63) is 39.1 Å². The van der Waals surface area contributed by atoms with E-state index in [1.807, 2.05) is 22.9 Å². The molecule has 6 nitrogen and oxygen atoms in total. The van der Waals surface area contributed by atoms with E-state index in [4.69, 9.17) is 13.9 Å². The van der Waals surface area contributed by atoms with Crippen molar-refractivity contribution in [1.82, 2.24) is 9.78 Å². The number of carbonyl (C=O) groups excluding carboxylic acids is 1. The SMILES string of the molecule is CCOC(=O)c1c2oc3cc(OC)c(Br)cc3c2nn1-c1ccsc1. The monoisotopic (exact) mass is 420 g/mol. The number of hydrogen-bond acceptors (Lipinski definition) is 6. The predicted octanol–water partition coefficient (Wildman–Crippen LogP) is 4.78. The number of rotatable bonds is 4. The van der Waals surface area contributed by atoms with Gasteiger partial charge in [-0.3, -0.25) is 0 Å². The topological polar surface area (TPSA) is 66.5 Å². The van der Waals surface area contributed by atoms with Crippen LogP contribution in [0.5, 0.6) is 5.75 Å². The van der Waals surface area contributed by atoms with Gasteiger partial charge in [0.25, 0.3) is 0 Å². The molecule has 0 fully saturated rings. The van der Waals surface area contributed by atoms with Gasteiger partial charge in [-0.2, -0.15) is 16.4 Å². The first-order valence-corrected chi connectivity index (χ1v) is 9.26. The number of esters is 1. The summed E-state index contributed by atoms with van der Waals surface area (Å²) in [6.45, 7) is 2.04. The van der Waals surface area contributed by atoms with E-state index in [1.54, 1.807) is 24.8 Å². The fourth-order valence-corrected chi connectivity index (χ4v) is 3.81. The van der Waals surface area contributed by atoms with Crippen molar-refractivity contribution >= 4 is 55.3 Å². The zero-order valence-electron chi connectivity index (χ0n) is 13.4. The Balaban J connectivity index is 2.04. The van der Waals surface area contributed by atoms with Crippen LogP contribution in [0.15, 0.2) is 37.8 Å². The summed E-state index contributed by atoms with van der Waals surface area (Å²) < 4.78 is 18.8. The summed E-state index contributed by atoms with van der Waals surface area (Å²) >= 11 is 5.00. The molecule has 0 amide bonds. The van der Waals surface area contributed by atoms with Crippen molar-refractivity contribution in [3.8, 4) is 11.4 Å². The zero-order chi connectivity index (χ0) is 17.6. The fourth-order valence-electron chi connectivity index (χ4n) is 2.69. The lowest BCUT2D eigenvalue weighted by Crippen LogP contribution is -2.11. The van der Waals surface area contributed by atoms with Gasteiger partial charge < -0.3 is 13.9 Å². The van der Waals surface area contributed by atoms with Crippen LogP contribution < -0.4 is 4.74 Å². The Kier molecular flexibility index (Phi) is 4.01. The van der Waals surface area contributed by atoms with Gasteiger partial charge in [0.1, 0.15) is 16.8 Å². The third-order valence-corrected chi connectivity index (χ3v) is 5.07. The lowest BCUT2D eigenvalue weighted by Gasteiger charge is -2.05. The number of thiophene rings is 1. The Hall–Kier alpha value is -2.32. The normalized spacial score (nSPS) is 11.3.